The molecule has 2 rings (SSSR count). The van der Waals surface area contributed by atoms with Crippen molar-refractivity contribution in [1.29, 1.82) is 0 Å². The highest BCUT2D eigenvalue weighted by Crippen LogP contribution is 2.38. The lowest BCUT2D eigenvalue weighted by atomic mass is 9.81. The van der Waals surface area contributed by atoms with Crippen molar-refractivity contribution in [2.45, 2.75) is 48.6 Å². The summed E-state index contributed by atoms with van der Waals surface area (Å²) in [6.45, 7) is 2.25. The van der Waals surface area contributed by atoms with Gasteiger partial charge in [-0.3, -0.25) is 4.79 Å². The lowest BCUT2D eigenvalue weighted by Gasteiger charge is -2.37. The second-order valence-electron chi connectivity index (χ2n) is 4.69. The van der Waals surface area contributed by atoms with Crippen molar-refractivity contribution in [2.24, 2.45) is 0 Å². The second-order valence-corrected chi connectivity index (χ2v) is 5.94. The number of oxazole rings is 1. The molecule has 1 N–H and O–H groups in total. The standard InChI is InChI=1S/C13H20N2O3S/c1-3-17-11(16)13(14-2)6-4-5-10(9-13)19-12-15-7-8-18-12/h7-8,10,14H,3-6,9H2,1-2H3. The zero-order valence-electron chi connectivity index (χ0n) is 11.3. The highest BCUT2D eigenvalue weighted by molar-refractivity contribution is 7.99. The number of carbonyl (C=O) groups excluding carboxylic acids is 1. The maximum atomic E-state index is 12.2. The lowest BCUT2D eigenvalue weighted by Crippen LogP contribution is -2.54. The molecule has 2 atom stereocenters. The van der Waals surface area contributed by atoms with E-state index in [-0.39, 0.29) is 5.97 Å². The minimum atomic E-state index is -0.557. The number of esters is 1. The van der Waals surface area contributed by atoms with Crippen LogP contribution in [-0.2, 0) is 9.53 Å². The fraction of sp³-hybridized carbons (Fsp3) is 0.692. The zero-order chi connectivity index (χ0) is 13.7. The molecule has 1 saturated carbocycles. The number of nitrogens with one attached hydrogen (secondary N) is 1. The van der Waals surface area contributed by atoms with Crippen LogP contribution in [0.5, 0.6) is 0 Å². The molecular weight excluding hydrogens is 264 g/mol. The Morgan fingerprint density at radius 3 is 3.21 bits per heavy atom. The first-order chi connectivity index (χ1) is 9.20. The van der Waals surface area contributed by atoms with Crippen molar-refractivity contribution in [3.63, 3.8) is 0 Å². The molecule has 0 aliphatic heterocycles. The number of carbonyl (C=O) groups is 1. The number of ether oxygens (including phenoxy) is 1. The Kier molecular flexibility index (Phi) is 4.87. The molecule has 1 heterocycles. The number of likely N-dealkylation sites (N-methyl/N-ethyl adjacent to an activating group) is 1. The van der Waals surface area contributed by atoms with E-state index in [4.69, 9.17) is 9.15 Å². The van der Waals surface area contributed by atoms with Crippen molar-refractivity contribution >= 4 is 17.7 Å². The minimum absolute atomic E-state index is 0.143. The van der Waals surface area contributed by atoms with Crippen molar-refractivity contribution < 1.29 is 13.9 Å². The van der Waals surface area contributed by atoms with E-state index >= 15 is 0 Å². The molecule has 0 radical (unpaired) electrons. The van der Waals surface area contributed by atoms with E-state index in [9.17, 15) is 4.79 Å². The van der Waals surface area contributed by atoms with Gasteiger partial charge in [0, 0.05) is 5.25 Å². The predicted octanol–water partition coefficient (Wildman–Crippen LogP) is 2.23. The minimum Gasteiger partial charge on any atom is -0.465 e. The highest BCUT2D eigenvalue weighted by atomic mass is 32.2. The molecule has 1 aromatic heterocycles. The van der Waals surface area contributed by atoms with Crippen molar-refractivity contribution in [1.82, 2.24) is 10.3 Å². The normalized spacial score (nSPS) is 27.2. The SMILES string of the molecule is CCOC(=O)C1(NC)CCCC(Sc2ncco2)C1. The first kappa shape index (κ1) is 14.4. The van der Waals surface area contributed by atoms with Crippen molar-refractivity contribution in [2.75, 3.05) is 13.7 Å². The van der Waals surface area contributed by atoms with Crippen LogP contribution in [-0.4, -0.2) is 35.4 Å². The topological polar surface area (TPSA) is 64.4 Å². The summed E-state index contributed by atoms with van der Waals surface area (Å²) in [5.41, 5.74) is -0.557. The Morgan fingerprint density at radius 2 is 2.58 bits per heavy atom. The molecule has 1 aliphatic rings. The second kappa shape index (κ2) is 6.43. The van der Waals surface area contributed by atoms with Crippen LogP contribution in [0.2, 0.25) is 0 Å². The third-order valence-electron chi connectivity index (χ3n) is 3.53. The van der Waals surface area contributed by atoms with Gasteiger partial charge < -0.3 is 14.5 Å². The molecule has 0 saturated heterocycles. The van der Waals surface area contributed by atoms with Gasteiger partial charge in [0.25, 0.3) is 5.22 Å². The van der Waals surface area contributed by atoms with Crippen molar-refractivity contribution in [3.8, 4) is 0 Å². The summed E-state index contributed by atoms with van der Waals surface area (Å²) in [4.78, 5) is 16.3. The Bertz CT molecular complexity index is 410. The summed E-state index contributed by atoms with van der Waals surface area (Å²) in [6.07, 6.45) is 6.85. The van der Waals surface area contributed by atoms with Crippen LogP contribution < -0.4 is 5.32 Å². The van der Waals surface area contributed by atoms with Crippen LogP contribution in [0, 0.1) is 0 Å². The first-order valence-corrected chi connectivity index (χ1v) is 7.50. The third-order valence-corrected chi connectivity index (χ3v) is 4.67. The van der Waals surface area contributed by atoms with Gasteiger partial charge in [-0.25, -0.2) is 4.98 Å². The Morgan fingerprint density at radius 1 is 1.74 bits per heavy atom. The van der Waals surface area contributed by atoms with Crippen LogP contribution in [0.25, 0.3) is 0 Å². The lowest BCUT2D eigenvalue weighted by molar-refractivity contribution is -0.152. The predicted molar refractivity (Wildman–Crippen MR) is 73.0 cm³/mol. The molecule has 2 unspecified atom stereocenters. The monoisotopic (exact) mass is 284 g/mol. The fourth-order valence-electron chi connectivity index (χ4n) is 2.52. The molecule has 0 amide bonds. The molecule has 0 spiro atoms. The summed E-state index contributed by atoms with van der Waals surface area (Å²) < 4.78 is 10.5. The summed E-state index contributed by atoms with van der Waals surface area (Å²) in [5.74, 6) is -0.143. The van der Waals surface area contributed by atoms with Gasteiger partial charge in [-0.05, 0) is 39.7 Å². The van der Waals surface area contributed by atoms with Crippen LogP contribution in [0.4, 0.5) is 0 Å². The quantitative estimate of drug-likeness (QED) is 0.837. The average Bonchev–Trinajstić information content (AvgIpc) is 2.92. The van der Waals surface area contributed by atoms with E-state index in [1.165, 1.54) is 0 Å². The molecule has 0 aromatic carbocycles. The molecule has 0 bridgehead atoms. The zero-order valence-corrected chi connectivity index (χ0v) is 12.2. The molecule has 1 fully saturated rings. The van der Waals surface area contributed by atoms with Crippen molar-refractivity contribution in [3.05, 3.63) is 12.5 Å². The average molecular weight is 284 g/mol. The van der Waals surface area contributed by atoms with E-state index in [0.717, 1.165) is 25.7 Å². The van der Waals surface area contributed by atoms with Crippen LogP contribution in [0.15, 0.2) is 22.1 Å². The summed E-state index contributed by atoms with van der Waals surface area (Å²) >= 11 is 1.60. The van der Waals surface area contributed by atoms with Gasteiger partial charge in [-0.1, -0.05) is 11.8 Å². The third kappa shape index (κ3) is 3.30. The summed E-state index contributed by atoms with van der Waals surface area (Å²) in [5, 5.41) is 4.16. The number of rotatable bonds is 5. The maximum Gasteiger partial charge on any atom is 0.326 e. The molecule has 1 aliphatic carbocycles. The number of aromatic nitrogens is 1. The number of nitrogens with zero attached hydrogens (tertiary/aromatic N) is 1. The number of hydrogen-bond acceptors (Lipinski definition) is 6. The molecule has 5 nitrogen and oxygen atoms in total. The molecular formula is C13H20N2O3S. The van der Waals surface area contributed by atoms with E-state index < -0.39 is 5.54 Å². The van der Waals surface area contributed by atoms with Crippen LogP contribution in [0.1, 0.15) is 32.6 Å². The van der Waals surface area contributed by atoms with E-state index in [1.807, 2.05) is 14.0 Å². The molecule has 19 heavy (non-hydrogen) atoms. The Labute approximate surface area is 117 Å². The van der Waals surface area contributed by atoms with Gasteiger partial charge in [0.1, 0.15) is 11.8 Å². The van der Waals surface area contributed by atoms with Gasteiger partial charge in [0.05, 0.1) is 12.8 Å². The summed E-state index contributed by atoms with van der Waals surface area (Å²) in [7, 11) is 1.83. The smallest absolute Gasteiger partial charge is 0.326 e. The van der Waals surface area contributed by atoms with Crippen LogP contribution >= 0.6 is 11.8 Å². The van der Waals surface area contributed by atoms with E-state index in [0.29, 0.717) is 17.1 Å². The highest BCUT2D eigenvalue weighted by Gasteiger charge is 2.43. The fourth-order valence-corrected chi connectivity index (χ4v) is 3.69. The van der Waals surface area contributed by atoms with Crippen LogP contribution in [0.3, 0.4) is 0 Å². The van der Waals surface area contributed by atoms with E-state index in [2.05, 4.69) is 10.3 Å². The summed E-state index contributed by atoms with van der Waals surface area (Å²) in [6, 6.07) is 0. The Hall–Kier alpha value is -1.01. The molecule has 6 heteroatoms. The molecule has 106 valence electrons. The van der Waals surface area contributed by atoms with Gasteiger partial charge in [0.2, 0.25) is 0 Å². The van der Waals surface area contributed by atoms with E-state index in [1.54, 1.807) is 24.2 Å². The number of thioether (sulfide) groups is 1. The van der Waals surface area contributed by atoms with Gasteiger partial charge in [0.15, 0.2) is 0 Å². The van der Waals surface area contributed by atoms with Gasteiger partial charge in [-0.15, -0.1) is 0 Å². The Balaban J connectivity index is 2.03. The van der Waals surface area contributed by atoms with Gasteiger partial charge >= 0.3 is 5.97 Å². The first-order valence-electron chi connectivity index (χ1n) is 6.62. The number of hydrogen-bond donors (Lipinski definition) is 1. The largest absolute Gasteiger partial charge is 0.465 e. The van der Waals surface area contributed by atoms with Gasteiger partial charge in [-0.2, -0.15) is 0 Å². The molecule has 1 aromatic rings. The maximum absolute atomic E-state index is 12.2.